The Morgan fingerprint density at radius 3 is 2.76 bits per heavy atom. The van der Waals surface area contributed by atoms with Crippen LogP contribution in [-0.2, 0) is 4.79 Å². The predicted molar refractivity (Wildman–Crippen MR) is 98.0 cm³/mol. The summed E-state index contributed by atoms with van der Waals surface area (Å²) in [7, 11) is 0. The number of hydrogen-bond acceptors (Lipinski definition) is 3. The Morgan fingerprint density at radius 2 is 1.92 bits per heavy atom. The van der Waals surface area contributed by atoms with Crippen LogP contribution in [0.3, 0.4) is 0 Å². The van der Waals surface area contributed by atoms with E-state index < -0.39 is 0 Å². The normalized spacial score (nSPS) is 13.5. The summed E-state index contributed by atoms with van der Waals surface area (Å²) in [5.74, 6) is -0.412. The van der Waals surface area contributed by atoms with Crippen LogP contribution in [-0.4, -0.2) is 23.3 Å². The van der Waals surface area contributed by atoms with E-state index in [1.54, 1.807) is 6.07 Å². The molecular weight excluding hydrogens is 314 g/mol. The van der Waals surface area contributed by atoms with Crippen molar-refractivity contribution in [2.45, 2.75) is 13.8 Å². The van der Waals surface area contributed by atoms with E-state index >= 15 is 0 Å². The smallest absolute Gasteiger partial charge is 0.260 e. The number of aromatic nitrogens is 1. The summed E-state index contributed by atoms with van der Waals surface area (Å²) in [6, 6.07) is 15.1. The second-order valence-corrected chi connectivity index (χ2v) is 6.27. The lowest BCUT2D eigenvalue weighted by atomic mass is 10.1. The van der Waals surface area contributed by atoms with Crippen LogP contribution in [0.1, 0.15) is 21.6 Å². The fraction of sp³-hybridized carbons (Fsp3) is 0.150. The molecule has 0 radical (unpaired) electrons. The number of carbonyl (C=O) groups excluding carboxylic acids is 2. The number of carbonyl (C=O) groups is 2. The lowest BCUT2D eigenvalue weighted by Crippen LogP contribution is -2.42. The minimum atomic E-state index is -0.212. The molecule has 0 saturated heterocycles. The number of pyridine rings is 1. The summed E-state index contributed by atoms with van der Waals surface area (Å²) in [6.07, 6.45) is 0. The molecule has 5 nitrogen and oxygen atoms in total. The van der Waals surface area contributed by atoms with Crippen molar-refractivity contribution >= 4 is 34.1 Å². The monoisotopic (exact) mass is 331 g/mol. The van der Waals surface area contributed by atoms with Crippen molar-refractivity contribution < 1.29 is 9.59 Å². The van der Waals surface area contributed by atoms with Gasteiger partial charge in [-0.25, -0.2) is 0 Å². The maximum atomic E-state index is 13.2. The maximum Gasteiger partial charge on any atom is 0.260 e. The molecular formula is C20H17N3O2. The molecule has 2 amide bonds. The fourth-order valence-electron chi connectivity index (χ4n) is 3.17. The van der Waals surface area contributed by atoms with Crippen molar-refractivity contribution in [2.75, 3.05) is 16.8 Å². The number of nitrogens with zero attached hydrogens (tertiary/aromatic N) is 2. The first-order valence-electron chi connectivity index (χ1n) is 8.12. The van der Waals surface area contributed by atoms with Crippen LogP contribution in [0, 0.1) is 13.8 Å². The summed E-state index contributed by atoms with van der Waals surface area (Å²) in [6.45, 7) is 3.83. The Morgan fingerprint density at radius 1 is 1.12 bits per heavy atom. The fourth-order valence-corrected chi connectivity index (χ4v) is 3.17. The molecule has 0 spiro atoms. The number of nitrogens with one attached hydrogen (secondary N) is 1. The van der Waals surface area contributed by atoms with Crippen LogP contribution < -0.4 is 10.2 Å². The molecule has 0 unspecified atom stereocenters. The zero-order valence-electron chi connectivity index (χ0n) is 14.0. The van der Waals surface area contributed by atoms with Gasteiger partial charge in [-0.05, 0) is 44.2 Å². The van der Waals surface area contributed by atoms with Gasteiger partial charge in [0.1, 0.15) is 6.54 Å². The highest BCUT2D eigenvalue weighted by atomic mass is 16.2. The van der Waals surface area contributed by atoms with Gasteiger partial charge in [0.05, 0.1) is 28.1 Å². The second-order valence-electron chi connectivity index (χ2n) is 6.27. The van der Waals surface area contributed by atoms with E-state index in [1.165, 1.54) is 4.90 Å². The number of fused-ring (bicyclic) bond motifs is 2. The van der Waals surface area contributed by atoms with Crippen molar-refractivity contribution in [3.8, 4) is 0 Å². The molecule has 1 aliphatic rings. The molecule has 1 N–H and O–H groups in total. The van der Waals surface area contributed by atoms with Gasteiger partial charge in [-0.2, -0.15) is 0 Å². The minimum absolute atomic E-state index is 0.00113. The predicted octanol–water partition coefficient (Wildman–Crippen LogP) is 3.45. The number of amides is 2. The molecule has 1 aromatic heterocycles. The van der Waals surface area contributed by atoms with Gasteiger partial charge in [-0.15, -0.1) is 0 Å². The van der Waals surface area contributed by atoms with Crippen molar-refractivity contribution in [1.82, 2.24) is 4.98 Å². The first-order valence-corrected chi connectivity index (χ1v) is 8.12. The minimum Gasteiger partial charge on any atom is -0.323 e. The largest absolute Gasteiger partial charge is 0.323 e. The summed E-state index contributed by atoms with van der Waals surface area (Å²) in [5, 5.41) is 3.72. The van der Waals surface area contributed by atoms with Crippen LogP contribution >= 0.6 is 0 Å². The van der Waals surface area contributed by atoms with Gasteiger partial charge in [0, 0.05) is 5.39 Å². The van der Waals surface area contributed by atoms with Crippen molar-refractivity contribution in [1.29, 1.82) is 0 Å². The standard InChI is InChI=1S/C20H17N3O2/c1-12-7-8-16-14(9-12)10-15(13(2)21-16)20(25)23-11-19(24)22-17-5-3-4-6-18(17)23/h3-10H,11H2,1-2H3,(H,22,24). The zero-order valence-corrected chi connectivity index (χ0v) is 14.0. The summed E-state index contributed by atoms with van der Waals surface area (Å²) in [4.78, 5) is 31.2. The number of aryl methyl sites for hydroxylation is 2. The SMILES string of the molecule is Cc1ccc2nc(C)c(C(=O)N3CC(=O)Nc4ccccc43)cc2c1. The van der Waals surface area contributed by atoms with E-state index in [0.717, 1.165) is 16.5 Å². The average molecular weight is 331 g/mol. The van der Waals surface area contributed by atoms with E-state index in [1.807, 2.05) is 56.3 Å². The molecule has 0 aliphatic carbocycles. The van der Waals surface area contributed by atoms with Crippen LogP contribution in [0.2, 0.25) is 0 Å². The van der Waals surface area contributed by atoms with Crippen molar-refractivity contribution in [3.63, 3.8) is 0 Å². The molecule has 0 fully saturated rings. The van der Waals surface area contributed by atoms with Gasteiger partial charge in [0.25, 0.3) is 5.91 Å². The quantitative estimate of drug-likeness (QED) is 0.743. The third-order valence-corrected chi connectivity index (χ3v) is 4.41. The Bertz CT molecular complexity index is 1030. The summed E-state index contributed by atoms with van der Waals surface area (Å²) in [5.41, 5.74) is 4.49. The third kappa shape index (κ3) is 2.63. The average Bonchev–Trinajstić information content (AvgIpc) is 2.60. The summed E-state index contributed by atoms with van der Waals surface area (Å²) >= 11 is 0. The number of anilines is 2. The summed E-state index contributed by atoms with van der Waals surface area (Å²) < 4.78 is 0. The Kier molecular flexibility index (Phi) is 3.50. The molecule has 0 bridgehead atoms. The Labute approximate surface area is 145 Å². The molecule has 124 valence electrons. The van der Waals surface area contributed by atoms with E-state index in [9.17, 15) is 9.59 Å². The molecule has 2 aromatic carbocycles. The van der Waals surface area contributed by atoms with E-state index in [4.69, 9.17) is 0 Å². The lowest BCUT2D eigenvalue weighted by molar-refractivity contribution is -0.115. The van der Waals surface area contributed by atoms with Gasteiger partial charge in [0.2, 0.25) is 5.91 Å². The van der Waals surface area contributed by atoms with E-state index in [0.29, 0.717) is 22.6 Å². The Balaban J connectivity index is 1.82. The molecule has 0 saturated carbocycles. The molecule has 3 aromatic rings. The van der Waals surface area contributed by atoms with Crippen molar-refractivity contribution in [3.05, 3.63) is 65.4 Å². The molecule has 4 rings (SSSR count). The first-order chi connectivity index (χ1) is 12.0. The highest BCUT2D eigenvalue weighted by Gasteiger charge is 2.28. The van der Waals surface area contributed by atoms with Gasteiger partial charge >= 0.3 is 0 Å². The Hall–Kier alpha value is -3.21. The van der Waals surface area contributed by atoms with Crippen LogP contribution in [0.15, 0.2) is 48.5 Å². The van der Waals surface area contributed by atoms with Gasteiger partial charge in [-0.1, -0.05) is 23.8 Å². The van der Waals surface area contributed by atoms with E-state index in [2.05, 4.69) is 10.3 Å². The first kappa shape index (κ1) is 15.3. The highest BCUT2D eigenvalue weighted by molar-refractivity contribution is 6.16. The van der Waals surface area contributed by atoms with Crippen LogP contribution in [0.25, 0.3) is 10.9 Å². The number of para-hydroxylation sites is 2. The van der Waals surface area contributed by atoms with E-state index in [-0.39, 0.29) is 18.4 Å². The van der Waals surface area contributed by atoms with Gasteiger partial charge in [0.15, 0.2) is 0 Å². The molecule has 5 heteroatoms. The van der Waals surface area contributed by atoms with Crippen LogP contribution in [0.4, 0.5) is 11.4 Å². The second kappa shape index (κ2) is 5.70. The zero-order chi connectivity index (χ0) is 17.6. The maximum absolute atomic E-state index is 13.2. The van der Waals surface area contributed by atoms with Crippen LogP contribution in [0.5, 0.6) is 0 Å². The van der Waals surface area contributed by atoms with Gasteiger partial charge < -0.3 is 5.32 Å². The number of benzene rings is 2. The van der Waals surface area contributed by atoms with Gasteiger partial charge in [-0.3, -0.25) is 19.5 Å². The number of rotatable bonds is 1. The van der Waals surface area contributed by atoms with Crippen molar-refractivity contribution in [2.24, 2.45) is 0 Å². The number of hydrogen-bond donors (Lipinski definition) is 1. The highest BCUT2D eigenvalue weighted by Crippen LogP contribution is 2.31. The molecule has 25 heavy (non-hydrogen) atoms. The molecule has 0 atom stereocenters. The topological polar surface area (TPSA) is 62.3 Å². The lowest BCUT2D eigenvalue weighted by Gasteiger charge is -2.29. The third-order valence-electron chi connectivity index (χ3n) is 4.41. The molecule has 1 aliphatic heterocycles. The molecule has 2 heterocycles.